The molecule has 1 heterocycles. The third-order valence-electron chi connectivity index (χ3n) is 2.40. The Morgan fingerprint density at radius 3 is 3.07 bits per heavy atom. The van der Waals surface area contributed by atoms with Gasteiger partial charge >= 0.3 is 0 Å². The number of carbonyl (C=O) groups excluding carboxylic acids is 1. The molecule has 0 aromatic carbocycles. The molecule has 4 nitrogen and oxygen atoms in total. The molecule has 2 N–H and O–H groups in total. The molecule has 0 radical (unpaired) electrons. The topological polar surface area (TPSA) is 44.4 Å². The van der Waals surface area contributed by atoms with E-state index in [1.165, 1.54) is 0 Å². The van der Waals surface area contributed by atoms with Crippen molar-refractivity contribution in [1.82, 2.24) is 15.5 Å². The lowest BCUT2D eigenvalue weighted by molar-refractivity contribution is -0.129. The van der Waals surface area contributed by atoms with E-state index < -0.39 is 0 Å². The van der Waals surface area contributed by atoms with E-state index in [9.17, 15) is 4.79 Å². The molecule has 0 aromatic heterocycles. The molecule has 0 aliphatic carbocycles. The number of nitrogens with zero attached hydrogens (tertiary/aromatic N) is 1. The van der Waals surface area contributed by atoms with Crippen LogP contribution in [0.15, 0.2) is 12.7 Å². The maximum absolute atomic E-state index is 11.7. The summed E-state index contributed by atoms with van der Waals surface area (Å²) in [6.45, 7) is 8.07. The van der Waals surface area contributed by atoms with Crippen molar-refractivity contribution in [2.45, 2.75) is 19.0 Å². The molecule has 0 aromatic rings. The Bertz CT molecular complexity index is 217. The minimum absolute atomic E-state index is 0.0609. The lowest BCUT2D eigenvalue weighted by Gasteiger charge is -2.37. The van der Waals surface area contributed by atoms with Crippen molar-refractivity contribution in [2.75, 3.05) is 26.7 Å². The molecule has 2 unspecified atom stereocenters. The first-order valence-corrected chi connectivity index (χ1v) is 4.99. The van der Waals surface area contributed by atoms with Crippen molar-refractivity contribution >= 4 is 5.91 Å². The summed E-state index contributed by atoms with van der Waals surface area (Å²) in [6.07, 6.45) is 1.84. The van der Waals surface area contributed by atoms with Gasteiger partial charge in [-0.3, -0.25) is 9.69 Å². The van der Waals surface area contributed by atoms with E-state index >= 15 is 0 Å². The fraction of sp³-hybridized carbons (Fsp3) is 0.700. The Balaban J connectivity index is 2.64. The van der Waals surface area contributed by atoms with E-state index in [1.54, 1.807) is 0 Å². The predicted octanol–water partition coefficient (Wildman–Crippen LogP) is -0.419. The molecule has 1 rings (SSSR count). The lowest BCUT2D eigenvalue weighted by atomic mass is 10.1. The number of nitrogens with one attached hydrogen (secondary N) is 2. The first-order valence-electron chi connectivity index (χ1n) is 4.99. The smallest absolute Gasteiger partial charge is 0.238 e. The number of likely N-dealkylation sites (N-methyl/N-ethyl adjacent to an activating group) is 1. The van der Waals surface area contributed by atoms with Gasteiger partial charge in [0.1, 0.15) is 6.04 Å². The summed E-state index contributed by atoms with van der Waals surface area (Å²) in [5.74, 6) is 0.111. The highest BCUT2D eigenvalue weighted by Gasteiger charge is 2.31. The second-order valence-electron chi connectivity index (χ2n) is 3.73. The molecule has 2 atom stereocenters. The van der Waals surface area contributed by atoms with Crippen LogP contribution in [0.2, 0.25) is 0 Å². The zero-order chi connectivity index (χ0) is 10.6. The van der Waals surface area contributed by atoms with Gasteiger partial charge in [-0.25, -0.2) is 0 Å². The minimum atomic E-state index is -0.0609. The van der Waals surface area contributed by atoms with Crippen molar-refractivity contribution < 1.29 is 4.79 Å². The Morgan fingerprint density at radius 1 is 1.79 bits per heavy atom. The van der Waals surface area contributed by atoms with Gasteiger partial charge in [0.15, 0.2) is 0 Å². The summed E-state index contributed by atoms with van der Waals surface area (Å²) < 4.78 is 0. The number of rotatable bonds is 4. The van der Waals surface area contributed by atoms with Crippen LogP contribution in [0.3, 0.4) is 0 Å². The van der Waals surface area contributed by atoms with Gasteiger partial charge in [-0.05, 0) is 14.0 Å². The largest absolute Gasteiger partial charge is 0.351 e. The van der Waals surface area contributed by atoms with Crippen LogP contribution in [-0.4, -0.2) is 49.6 Å². The molecule has 1 aliphatic rings. The molecule has 80 valence electrons. The van der Waals surface area contributed by atoms with E-state index in [4.69, 9.17) is 0 Å². The Hall–Kier alpha value is -0.870. The fourth-order valence-electron chi connectivity index (χ4n) is 1.81. The molecule has 1 amide bonds. The van der Waals surface area contributed by atoms with Crippen LogP contribution in [0.25, 0.3) is 0 Å². The fourth-order valence-corrected chi connectivity index (χ4v) is 1.81. The summed E-state index contributed by atoms with van der Waals surface area (Å²) in [7, 11) is 1.86. The van der Waals surface area contributed by atoms with Crippen LogP contribution in [0.5, 0.6) is 0 Å². The number of piperazine rings is 1. The molecule has 1 fully saturated rings. The van der Waals surface area contributed by atoms with E-state index in [0.717, 1.165) is 13.1 Å². The number of carbonyl (C=O) groups is 1. The van der Waals surface area contributed by atoms with Crippen molar-refractivity contribution in [2.24, 2.45) is 0 Å². The highest BCUT2D eigenvalue weighted by molar-refractivity contribution is 5.83. The van der Waals surface area contributed by atoms with Crippen molar-refractivity contribution in [3.8, 4) is 0 Å². The number of hydrogen-bond acceptors (Lipinski definition) is 3. The van der Waals surface area contributed by atoms with Crippen molar-refractivity contribution in [3.63, 3.8) is 0 Å². The van der Waals surface area contributed by atoms with Crippen LogP contribution in [0.1, 0.15) is 6.92 Å². The molecular formula is C10H19N3O. The Kier molecular flexibility index (Phi) is 4.10. The van der Waals surface area contributed by atoms with Gasteiger partial charge in [0, 0.05) is 25.7 Å². The summed E-state index contributed by atoms with van der Waals surface area (Å²) in [6, 6.07) is 0.171. The normalized spacial score (nSPS) is 28.6. The van der Waals surface area contributed by atoms with E-state index in [0.29, 0.717) is 6.54 Å². The summed E-state index contributed by atoms with van der Waals surface area (Å²) in [5.41, 5.74) is 0. The zero-order valence-corrected chi connectivity index (χ0v) is 8.92. The van der Waals surface area contributed by atoms with Crippen molar-refractivity contribution in [1.29, 1.82) is 0 Å². The molecule has 0 bridgehead atoms. The van der Waals surface area contributed by atoms with Gasteiger partial charge in [-0.2, -0.15) is 0 Å². The second-order valence-corrected chi connectivity index (χ2v) is 3.73. The van der Waals surface area contributed by atoms with Crippen LogP contribution in [-0.2, 0) is 4.79 Å². The summed E-state index contributed by atoms with van der Waals surface area (Å²) in [4.78, 5) is 13.8. The number of amides is 1. The first kappa shape index (κ1) is 11.2. The maximum atomic E-state index is 11.7. The highest BCUT2D eigenvalue weighted by atomic mass is 16.2. The third-order valence-corrected chi connectivity index (χ3v) is 2.40. The standard InChI is InChI=1S/C10H19N3O/c1-4-5-13-7-8(2)12-10(14)9(13)6-11-3/h4,8-9,11H,1,5-7H2,2-3H3,(H,12,14). The summed E-state index contributed by atoms with van der Waals surface area (Å²) in [5, 5.41) is 5.98. The monoisotopic (exact) mass is 197 g/mol. The quantitative estimate of drug-likeness (QED) is 0.602. The van der Waals surface area contributed by atoms with E-state index in [2.05, 4.69) is 22.1 Å². The van der Waals surface area contributed by atoms with Crippen molar-refractivity contribution in [3.05, 3.63) is 12.7 Å². The first-order chi connectivity index (χ1) is 6.69. The molecule has 4 heteroatoms. The van der Waals surface area contributed by atoms with Crippen LogP contribution in [0, 0.1) is 0 Å². The van der Waals surface area contributed by atoms with Gasteiger partial charge in [-0.1, -0.05) is 6.08 Å². The molecule has 1 saturated heterocycles. The number of hydrogen-bond donors (Lipinski definition) is 2. The van der Waals surface area contributed by atoms with Gasteiger partial charge in [0.05, 0.1) is 0 Å². The zero-order valence-electron chi connectivity index (χ0n) is 8.92. The minimum Gasteiger partial charge on any atom is -0.351 e. The maximum Gasteiger partial charge on any atom is 0.238 e. The Morgan fingerprint density at radius 2 is 2.50 bits per heavy atom. The molecule has 1 aliphatic heterocycles. The average Bonchev–Trinajstić information content (AvgIpc) is 2.11. The summed E-state index contributed by atoms with van der Waals surface area (Å²) >= 11 is 0. The molecule has 0 spiro atoms. The molecular weight excluding hydrogens is 178 g/mol. The third kappa shape index (κ3) is 2.56. The highest BCUT2D eigenvalue weighted by Crippen LogP contribution is 2.07. The van der Waals surface area contributed by atoms with Gasteiger partial charge < -0.3 is 10.6 Å². The predicted molar refractivity (Wildman–Crippen MR) is 57.1 cm³/mol. The van der Waals surface area contributed by atoms with E-state index in [-0.39, 0.29) is 18.0 Å². The van der Waals surface area contributed by atoms with Gasteiger partial charge in [0.2, 0.25) is 5.91 Å². The van der Waals surface area contributed by atoms with Crippen LogP contribution >= 0.6 is 0 Å². The van der Waals surface area contributed by atoms with Crippen LogP contribution < -0.4 is 10.6 Å². The lowest BCUT2D eigenvalue weighted by Crippen LogP contribution is -2.61. The average molecular weight is 197 g/mol. The van der Waals surface area contributed by atoms with Crippen LogP contribution in [0.4, 0.5) is 0 Å². The SMILES string of the molecule is C=CCN1CC(C)NC(=O)C1CNC. The Labute approximate surface area is 85.3 Å². The van der Waals surface area contributed by atoms with Gasteiger partial charge in [-0.15, -0.1) is 6.58 Å². The van der Waals surface area contributed by atoms with Gasteiger partial charge in [0.25, 0.3) is 0 Å². The second kappa shape index (κ2) is 5.12. The van der Waals surface area contributed by atoms with E-state index in [1.807, 2.05) is 20.0 Å². The molecule has 0 saturated carbocycles. The molecule has 14 heavy (non-hydrogen) atoms.